The largest absolute Gasteiger partial charge is 0.505 e. The van der Waals surface area contributed by atoms with Crippen molar-refractivity contribution in [1.82, 2.24) is 10.2 Å². The third kappa shape index (κ3) is 4.12. The Labute approximate surface area is 136 Å². The molecule has 1 fully saturated rings. The summed E-state index contributed by atoms with van der Waals surface area (Å²) in [7, 11) is 0. The van der Waals surface area contributed by atoms with E-state index in [1.165, 1.54) is 12.1 Å². The molecule has 7 heteroatoms. The Morgan fingerprint density at radius 1 is 1.35 bits per heavy atom. The summed E-state index contributed by atoms with van der Waals surface area (Å²) in [4.78, 5) is 2.23. The molecule has 2 rings (SSSR count). The van der Waals surface area contributed by atoms with Crippen LogP contribution in [0.25, 0.3) is 0 Å². The van der Waals surface area contributed by atoms with Gasteiger partial charge in [0.05, 0.1) is 0 Å². The van der Waals surface area contributed by atoms with Gasteiger partial charge in [-0.2, -0.15) is 0 Å². The summed E-state index contributed by atoms with van der Waals surface area (Å²) >= 11 is 6.13. The van der Waals surface area contributed by atoms with Crippen LogP contribution in [-0.4, -0.2) is 36.2 Å². The zero-order valence-corrected chi connectivity index (χ0v) is 13.6. The zero-order chi connectivity index (χ0) is 13.1. The standard InChI is InChI=1S/C13H18ClFN2O.2ClH/c1-2-11(17-7-5-16-6-8-17)12-9(14)3-4-10(15)13(12)18;;/h3-4,11,16,18H,2,5-8H2,1H3;2*1H/t11-;;/m0../s1. The van der Waals surface area contributed by atoms with Crippen LogP contribution in [0.5, 0.6) is 5.75 Å². The number of benzene rings is 1. The van der Waals surface area contributed by atoms with Gasteiger partial charge in [0.25, 0.3) is 0 Å². The molecule has 0 spiro atoms. The van der Waals surface area contributed by atoms with Gasteiger partial charge in [0.2, 0.25) is 0 Å². The fourth-order valence-electron chi connectivity index (χ4n) is 2.51. The molecule has 1 aliphatic rings. The van der Waals surface area contributed by atoms with Crippen LogP contribution >= 0.6 is 36.4 Å². The lowest BCUT2D eigenvalue weighted by Gasteiger charge is -2.35. The first kappa shape index (κ1) is 19.7. The van der Waals surface area contributed by atoms with Crippen molar-refractivity contribution in [2.75, 3.05) is 26.2 Å². The van der Waals surface area contributed by atoms with Crippen LogP contribution in [0, 0.1) is 5.82 Å². The van der Waals surface area contributed by atoms with E-state index in [1.807, 2.05) is 6.92 Å². The van der Waals surface area contributed by atoms with Gasteiger partial charge in [-0.3, -0.25) is 4.90 Å². The summed E-state index contributed by atoms with van der Waals surface area (Å²) in [6.45, 7) is 5.59. The number of rotatable bonds is 3. The maximum Gasteiger partial charge on any atom is 0.165 e. The molecule has 1 aliphatic heterocycles. The van der Waals surface area contributed by atoms with Crippen molar-refractivity contribution in [2.45, 2.75) is 19.4 Å². The number of nitrogens with one attached hydrogen (secondary N) is 1. The molecule has 1 aromatic rings. The van der Waals surface area contributed by atoms with Crippen LogP contribution in [0.4, 0.5) is 4.39 Å². The summed E-state index contributed by atoms with van der Waals surface area (Å²) in [5, 5.41) is 13.6. The summed E-state index contributed by atoms with van der Waals surface area (Å²) in [5.41, 5.74) is 0.515. The van der Waals surface area contributed by atoms with E-state index < -0.39 is 5.82 Å². The number of piperazine rings is 1. The number of nitrogens with zero attached hydrogens (tertiary/aromatic N) is 1. The van der Waals surface area contributed by atoms with Crippen LogP contribution < -0.4 is 5.32 Å². The Morgan fingerprint density at radius 2 is 1.95 bits per heavy atom. The van der Waals surface area contributed by atoms with Gasteiger partial charge in [0.15, 0.2) is 11.6 Å². The molecular weight excluding hydrogens is 326 g/mol. The number of hydrogen-bond donors (Lipinski definition) is 2. The maximum absolute atomic E-state index is 13.5. The number of aromatic hydroxyl groups is 1. The topological polar surface area (TPSA) is 35.5 Å². The Morgan fingerprint density at radius 3 is 2.50 bits per heavy atom. The summed E-state index contributed by atoms with van der Waals surface area (Å²) < 4.78 is 13.5. The molecule has 20 heavy (non-hydrogen) atoms. The van der Waals surface area contributed by atoms with Crippen molar-refractivity contribution < 1.29 is 9.50 Å². The summed E-state index contributed by atoms with van der Waals surface area (Å²) in [5.74, 6) is -0.920. The summed E-state index contributed by atoms with van der Waals surface area (Å²) in [6.07, 6.45) is 0.788. The van der Waals surface area contributed by atoms with Gasteiger partial charge in [-0.15, -0.1) is 24.8 Å². The van der Waals surface area contributed by atoms with E-state index in [0.717, 1.165) is 32.6 Å². The molecule has 1 saturated heterocycles. The molecule has 3 nitrogen and oxygen atoms in total. The minimum Gasteiger partial charge on any atom is -0.505 e. The van der Waals surface area contributed by atoms with E-state index in [9.17, 15) is 9.50 Å². The van der Waals surface area contributed by atoms with Crippen molar-refractivity contribution in [1.29, 1.82) is 0 Å². The van der Waals surface area contributed by atoms with Gasteiger partial charge in [-0.1, -0.05) is 18.5 Å². The number of halogens is 4. The fourth-order valence-corrected chi connectivity index (χ4v) is 2.79. The molecule has 116 valence electrons. The molecule has 0 amide bonds. The normalized spacial score (nSPS) is 16.9. The van der Waals surface area contributed by atoms with E-state index in [4.69, 9.17) is 11.6 Å². The monoisotopic (exact) mass is 344 g/mol. The van der Waals surface area contributed by atoms with Crippen LogP contribution in [-0.2, 0) is 0 Å². The zero-order valence-electron chi connectivity index (χ0n) is 11.2. The minimum atomic E-state index is -0.608. The van der Waals surface area contributed by atoms with Gasteiger partial charge < -0.3 is 10.4 Å². The lowest BCUT2D eigenvalue weighted by Crippen LogP contribution is -2.45. The van der Waals surface area contributed by atoms with Gasteiger partial charge in [-0.05, 0) is 18.6 Å². The highest BCUT2D eigenvalue weighted by atomic mass is 35.5. The summed E-state index contributed by atoms with van der Waals surface area (Å²) in [6, 6.07) is 2.68. The Kier molecular flexibility index (Phi) is 8.79. The molecule has 0 bridgehead atoms. The third-order valence-corrected chi connectivity index (χ3v) is 3.76. The molecule has 0 saturated carbocycles. The van der Waals surface area contributed by atoms with Crippen LogP contribution in [0.15, 0.2) is 12.1 Å². The quantitative estimate of drug-likeness (QED) is 0.881. The highest BCUT2D eigenvalue weighted by molar-refractivity contribution is 6.31. The molecule has 2 N–H and O–H groups in total. The van der Waals surface area contributed by atoms with Crippen molar-refractivity contribution in [3.63, 3.8) is 0 Å². The van der Waals surface area contributed by atoms with E-state index in [1.54, 1.807) is 0 Å². The lowest BCUT2D eigenvalue weighted by atomic mass is 10.0. The molecule has 0 aliphatic carbocycles. The van der Waals surface area contributed by atoms with E-state index in [0.29, 0.717) is 10.6 Å². The SMILES string of the molecule is CC[C@@H](c1c(Cl)ccc(F)c1O)N1CCNCC1.Cl.Cl. The molecule has 0 radical (unpaired) electrons. The maximum atomic E-state index is 13.5. The lowest BCUT2D eigenvalue weighted by molar-refractivity contribution is 0.166. The number of phenols is 1. The molecule has 1 atom stereocenters. The van der Waals surface area contributed by atoms with Gasteiger partial charge in [0, 0.05) is 42.8 Å². The number of phenolic OH excluding ortho intramolecular Hbond substituents is 1. The first-order valence-electron chi connectivity index (χ1n) is 6.26. The van der Waals surface area contributed by atoms with Crippen molar-refractivity contribution >= 4 is 36.4 Å². The van der Waals surface area contributed by atoms with Crippen molar-refractivity contribution in [2.24, 2.45) is 0 Å². The first-order chi connectivity index (χ1) is 8.65. The van der Waals surface area contributed by atoms with Crippen molar-refractivity contribution in [3.05, 3.63) is 28.5 Å². The second-order valence-electron chi connectivity index (χ2n) is 4.50. The Bertz CT molecular complexity index is 428. The first-order valence-corrected chi connectivity index (χ1v) is 6.64. The van der Waals surface area contributed by atoms with Crippen LogP contribution in [0.1, 0.15) is 24.9 Å². The Hall–Kier alpha value is -0.260. The molecule has 1 aromatic carbocycles. The highest BCUT2D eigenvalue weighted by Crippen LogP contribution is 2.38. The van der Waals surface area contributed by atoms with Crippen LogP contribution in [0.3, 0.4) is 0 Å². The Balaban J connectivity index is 0.00000180. The van der Waals surface area contributed by atoms with E-state index in [-0.39, 0.29) is 36.6 Å². The predicted molar refractivity (Wildman–Crippen MR) is 85.0 cm³/mol. The average Bonchev–Trinajstić information content (AvgIpc) is 2.40. The fraction of sp³-hybridized carbons (Fsp3) is 0.538. The molecule has 1 heterocycles. The van der Waals surface area contributed by atoms with Crippen molar-refractivity contribution in [3.8, 4) is 5.75 Å². The average molecular weight is 346 g/mol. The second-order valence-corrected chi connectivity index (χ2v) is 4.91. The van der Waals surface area contributed by atoms with Gasteiger partial charge in [-0.25, -0.2) is 4.39 Å². The third-order valence-electron chi connectivity index (χ3n) is 3.43. The van der Waals surface area contributed by atoms with Gasteiger partial charge in [0.1, 0.15) is 0 Å². The molecule has 0 aromatic heterocycles. The number of hydrogen-bond acceptors (Lipinski definition) is 3. The minimum absolute atomic E-state index is 0. The molecule has 0 unspecified atom stereocenters. The van der Waals surface area contributed by atoms with Crippen LogP contribution in [0.2, 0.25) is 5.02 Å². The highest BCUT2D eigenvalue weighted by Gasteiger charge is 2.26. The van der Waals surface area contributed by atoms with E-state index in [2.05, 4.69) is 10.2 Å². The van der Waals surface area contributed by atoms with E-state index >= 15 is 0 Å². The second kappa shape index (κ2) is 8.90. The van der Waals surface area contributed by atoms with Gasteiger partial charge >= 0.3 is 0 Å². The predicted octanol–water partition coefficient (Wildman–Crippen LogP) is 3.38. The smallest absolute Gasteiger partial charge is 0.165 e. The molecular formula is C13H20Cl3FN2O.